The topological polar surface area (TPSA) is 288 Å². The fourth-order valence-electron chi connectivity index (χ4n) is 1.59. The minimum absolute atomic E-state index is 0.156. The Balaban J connectivity index is -0.000000133. The first-order valence-corrected chi connectivity index (χ1v) is 16.3. The Kier molecular flexibility index (Phi) is 41.5. The molecule has 0 aromatic rings. The molecule has 0 aliphatic heterocycles. The van der Waals surface area contributed by atoms with Gasteiger partial charge in [-0.25, -0.2) is 4.79 Å². The van der Waals surface area contributed by atoms with E-state index in [4.69, 9.17) is 52.9 Å². The second-order valence-electron chi connectivity index (χ2n) is 8.05. The lowest BCUT2D eigenvalue weighted by molar-refractivity contribution is -0.139. The van der Waals surface area contributed by atoms with Gasteiger partial charge in [0.15, 0.2) is 0 Å². The molecule has 0 aliphatic carbocycles. The van der Waals surface area contributed by atoms with Gasteiger partial charge < -0.3 is 52.9 Å². The number of hydrogen-bond acceptors (Lipinski definition) is 13. The largest absolute Gasteiger partial charge is 0.480 e. The van der Waals surface area contributed by atoms with Crippen LogP contribution >= 0.6 is 35.3 Å². The number of nitrogens with two attached hydrogens (primary N) is 3. The summed E-state index contributed by atoms with van der Waals surface area (Å²) >= 11 is 4.81. The molecule has 41 heavy (non-hydrogen) atoms. The molecule has 14 nitrogen and oxygen atoms in total. The maximum atomic E-state index is 10.1. The highest BCUT2D eigenvalue weighted by atomic mass is 32.2. The fourth-order valence-corrected chi connectivity index (χ4v) is 3.06. The van der Waals surface area contributed by atoms with E-state index in [0.29, 0.717) is 25.7 Å². The summed E-state index contributed by atoms with van der Waals surface area (Å²) in [5.41, 5.74) is 14.9. The van der Waals surface area contributed by atoms with Gasteiger partial charge in [0.2, 0.25) is 0 Å². The number of carboxylic acids is 4. The molecular formula is C24H51N3O11S3. The Bertz CT molecular complexity index is 599. The van der Waals surface area contributed by atoms with Gasteiger partial charge in [0.05, 0.1) is 19.8 Å². The summed E-state index contributed by atoms with van der Waals surface area (Å²) in [5.74, 6) is -1.28. The van der Waals surface area contributed by atoms with Crippen LogP contribution in [0.5, 0.6) is 0 Å². The van der Waals surface area contributed by atoms with Crippen LogP contribution < -0.4 is 17.2 Å². The normalized spacial score (nSPS) is 12.0. The summed E-state index contributed by atoms with van der Waals surface area (Å²) in [7, 11) is 0. The number of aliphatic carboxylic acids is 4. The molecule has 0 aromatic carbocycles. The van der Waals surface area contributed by atoms with Gasteiger partial charge in [0.1, 0.15) is 18.1 Å². The number of hydrogen-bond donors (Lipinski definition) is 10. The van der Waals surface area contributed by atoms with E-state index in [1.165, 1.54) is 0 Å². The Morgan fingerprint density at radius 3 is 0.976 bits per heavy atom. The highest BCUT2D eigenvalue weighted by Crippen LogP contribution is 2.18. The lowest BCUT2D eigenvalue weighted by Crippen LogP contribution is -2.32. The van der Waals surface area contributed by atoms with E-state index in [1.54, 1.807) is 35.3 Å². The van der Waals surface area contributed by atoms with E-state index in [1.807, 2.05) is 25.7 Å². The molecule has 0 spiro atoms. The average molecular weight is 654 g/mol. The van der Waals surface area contributed by atoms with Gasteiger partial charge >= 0.3 is 23.9 Å². The number of carbonyl (C=O) groups is 4. The lowest BCUT2D eigenvalue weighted by atomic mass is 9.88. The average Bonchev–Trinajstić information content (AvgIpc) is 2.95. The van der Waals surface area contributed by atoms with Crippen LogP contribution in [0.1, 0.15) is 32.6 Å². The molecule has 0 saturated carbocycles. The summed E-state index contributed by atoms with van der Waals surface area (Å²) in [6.45, 7) is 4.31. The minimum Gasteiger partial charge on any atom is -0.480 e. The molecule has 0 saturated heterocycles. The highest BCUT2D eigenvalue weighted by Gasteiger charge is 2.24. The van der Waals surface area contributed by atoms with E-state index >= 15 is 0 Å². The molecule has 0 fully saturated rings. The maximum absolute atomic E-state index is 10.1. The van der Waals surface area contributed by atoms with Gasteiger partial charge in [-0.2, -0.15) is 35.3 Å². The molecule has 13 N–H and O–H groups in total. The van der Waals surface area contributed by atoms with Crippen molar-refractivity contribution in [3.05, 3.63) is 12.7 Å². The third kappa shape index (κ3) is 38.4. The third-order valence-corrected chi connectivity index (χ3v) is 6.71. The van der Waals surface area contributed by atoms with Crippen molar-refractivity contribution < 1.29 is 54.9 Å². The highest BCUT2D eigenvalue weighted by molar-refractivity contribution is 7.98. The predicted octanol–water partition coefficient (Wildman–Crippen LogP) is 0.0709. The van der Waals surface area contributed by atoms with E-state index < -0.39 is 47.4 Å². The molecule has 0 radical (unpaired) electrons. The molecule has 0 aliphatic rings. The molecule has 246 valence electrons. The monoisotopic (exact) mass is 653 g/mol. The quantitative estimate of drug-likeness (QED) is 0.0929. The molecule has 0 amide bonds. The molecule has 17 heteroatoms. The van der Waals surface area contributed by atoms with Crippen LogP contribution in [0.3, 0.4) is 0 Å². The van der Waals surface area contributed by atoms with Crippen molar-refractivity contribution in [3.63, 3.8) is 0 Å². The van der Waals surface area contributed by atoms with Gasteiger partial charge in [-0.3, -0.25) is 14.4 Å². The van der Waals surface area contributed by atoms with Crippen molar-refractivity contribution in [1.82, 2.24) is 0 Å². The van der Waals surface area contributed by atoms with Crippen LogP contribution in [0.15, 0.2) is 12.7 Å². The zero-order valence-corrected chi connectivity index (χ0v) is 26.8. The second kappa shape index (κ2) is 34.6. The van der Waals surface area contributed by atoms with E-state index in [9.17, 15) is 19.2 Å². The van der Waals surface area contributed by atoms with Crippen molar-refractivity contribution in [2.45, 2.75) is 50.7 Å². The zero-order valence-electron chi connectivity index (χ0n) is 24.3. The van der Waals surface area contributed by atoms with Crippen LogP contribution in [0, 0.1) is 5.41 Å². The summed E-state index contributed by atoms with van der Waals surface area (Å²) in [6.07, 6.45) is 8.86. The Hall–Kier alpha value is -1.57. The standard InChI is InChI=1S/C6H14O3.3C5H11NO2S.C3H4O2/c1-2-6(3-7,4-8)5-9;3*1-9-3-2-4(6)5(7)8;1-2-3(4)5/h7-9H,2-5H2,1H3;3*4H,2-3,6H2,1H3,(H,7,8);2H,1H2,(H,4,5)/t;3*4-;/m.000./s1. The van der Waals surface area contributed by atoms with Crippen molar-refractivity contribution in [2.24, 2.45) is 22.6 Å². The molecular weight excluding hydrogens is 602 g/mol. The second-order valence-corrected chi connectivity index (χ2v) is 11.0. The Morgan fingerprint density at radius 1 is 0.683 bits per heavy atom. The van der Waals surface area contributed by atoms with Crippen molar-refractivity contribution >= 4 is 59.2 Å². The Labute approximate surface area is 255 Å². The van der Waals surface area contributed by atoms with Crippen LogP contribution in [-0.2, 0) is 19.2 Å². The van der Waals surface area contributed by atoms with E-state index in [2.05, 4.69) is 6.58 Å². The van der Waals surface area contributed by atoms with Crippen LogP contribution in [0.25, 0.3) is 0 Å². The molecule has 0 unspecified atom stereocenters. The smallest absolute Gasteiger partial charge is 0.327 e. The number of carboxylic acid groups (broad SMARTS) is 4. The van der Waals surface area contributed by atoms with Gasteiger partial charge in [-0.15, -0.1) is 0 Å². The first-order valence-electron chi connectivity index (χ1n) is 12.2. The van der Waals surface area contributed by atoms with Gasteiger partial charge in [-0.05, 0) is 61.7 Å². The minimum atomic E-state index is -0.981. The zero-order chi connectivity index (χ0) is 33.4. The SMILES string of the molecule is C=CC(=O)O.CCC(CO)(CO)CO.CSCC[C@H](N)C(=O)O.CSCC[C@H](N)C(=O)O.CSCC[C@H](N)C(=O)O. The van der Waals surface area contributed by atoms with Gasteiger partial charge in [0, 0.05) is 11.5 Å². The molecule has 0 aromatic heterocycles. The summed E-state index contributed by atoms with van der Waals surface area (Å²) < 4.78 is 0. The van der Waals surface area contributed by atoms with E-state index in [-0.39, 0.29) is 19.8 Å². The van der Waals surface area contributed by atoms with Gasteiger partial charge in [0.25, 0.3) is 0 Å². The predicted molar refractivity (Wildman–Crippen MR) is 168 cm³/mol. The van der Waals surface area contributed by atoms with Crippen LogP contribution in [0.4, 0.5) is 0 Å². The van der Waals surface area contributed by atoms with Crippen LogP contribution in [-0.4, -0.2) is 134 Å². The van der Waals surface area contributed by atoms with Crippen molar-refractivity contribution in [1.29, 1.82) is 0 Å². The molecule has 0 rings (SSSR count). The number of thioether (sulfide) groups is 3. The van der Waals surface area contributed by atoms with Gasteiger partial charge in [-0.1, -0.05) is 13.5 Å². The fraction of sp³-hybridized carbons (Fsp3) is 0.750. The molecule has 3 atom stereocenters. The van der Waals surface area contributed by atoms with Crippen LogP contribution in [0.2, 0.25) is 0 Å². The first kappa shape index (κ1) is 49.1. The summed E-state index contributed by atoms with van der Waals surface area (Å²) in [5, 5.41) is 58.4. The molecule has 0 heterocycles. The number of rotatable bonds is 17. The maximum Gasteiger partial charge on any atom is 0.327 e. The first-order chi connectivity index (χ1) is 19.1. The number of aliphatic hydroxyl groups is 3. The molecule has 0 bridgehead atoms. The van der Waals surface area contributed by atoms with Crippen molar-refractivity contribution in [2.75, 3.05) is 55.8 Å². The lowest BCUT2D eigenvalue weighted by Gasteiger charge is -2.24. The van der Waals surface area contributed by atoms with Crippen molar-refractivity contribution in [3.8, 4) is 0 Å². The summed E-state index contributed by atoms with van der Waals surface area (Å²) in [6, 6.07) is -2.05. The van der Waals surface area contributed by atoms with E-state index in [0.717, 1.165) is 23.3 Å². The third-order valence-electron chi connectivity index (χ3n) is 4.78. The summed E-state index contributed by atoms with van der Waals surface area (Å²) in [4.78, 5) is 39.5. The Morgan fingerprint density at radius 2 is 0.902 bits per heavy atom. The number of aliphatic hydroxyl groups excluding tert-OH is 3.